The lowest BCUT2D eigenvalue weighted by Gasteiger charge is -2.01. The minimum atomic E-state index is -0.402. The van der Waals surface area contributed by atoms with Gasteiger partial charge in [0.05, 0.1) is 5.02 Å². The Morgan fingerprint density at radius 2 is 1.95 bits per heavy atom. The van der Waals surface area contributed by atoms with Crippen molar-refractivity contribution in [2.24, 2.45) is 5.10 Å². The molecule has 0 fully saturated rings. The number of allylic oxidation sites excluding steroid dienone is 1. The third kappa shape index (κ3) is 4.47. The standard InChI is InChI=1S/C16H13ClN2O2/c17-14-11-13(8-9-15(14)20)16(21)19-18-10-4-7-12-5-2-1-3-6-12/h1-11,20H,(H,19,21). The van der Waals surface area contributed by atoms with Crippen molar-refractivity contribution in [3.8, 4) is 5.75 Å². The number of amides is 1. The van der Waals surface area contributed by atoms with E-state index in [1.165, 1.54) is 24.4 Å². The average molecular weight is 301 g/mol. The first-order valence-electron chi connectivity index (χ1n) is 6.20. The summed E-state index contributed by atoms with van der Waals surface area (Å²) in [5.41, 5.74) is 3.73. The van der Waals surface area contributed by atoms with Crippen LogP contribution in [0.1, 0.15) is 15.9 Å². The summed E-state index contributed by atoms with van der Waals surface area (Å²) in [6.07, 6.45) is 5.07. The van der Waals surface area contributed by atoms with Crippen LogP contribution in [0.15, 0.2) is 59.7 Å². The molecule has 1 amide bonds. The SMILES string of the molecule is O=C(NN=CC=Cc1ccccc1)c1ccc(O)c(Cl)c1. The number of halogens is 1. The molecule has 5 heteroatoms. The summed E-state index contributed by atoms with van der Waals surface area (Å²) in [7, 11) is 0. The second-order valence-electron chi connectivity index (χ2n) is 4.16. The van der Waals surface area contributed by atoms with E-state index in [1.807, 2.05) is 36.4 Å². The largest absolute Gasteiger partial charge is 0.506 e. The van der Waals surface area contributed by atoms with Gasteiger partial charge >= 0.3 is 0 Å². The molecule has 0 aromatic heterocycles. The van der Waals surface area contributed by atoms with Crippen LogP contribution in [-0.4, -0.2) is 17.2 Å². The summed E-state index contributed by atoms with van der Waals surface area (Å²) < 4.78 is 0. The number of hydrazone groups is 1. The number of phenols is 1. The van der Waals surface area contributed by atoms with Gasteiger partial charge in [-0.1, -0.05) is 48.0 Å². The van der Waals surface area contributed by atoms with Crippen LogP contribution in [0.4, 0.5) is 0 Å². The van der Waals surface area contributed by atoms with Crippen LogP contribution in [-0.2, 0) is 0 Å². The average Bonchev–Trinajstić information content (AvgIpc) is 2.50. The third-order valence-electron chi connectivity index (χ3n) is 2.62. The van der Waals surface area contributed by atoms with E-state index in [4.69, 9.17) is 11.6 Å². The van der Waals surface area contributed by atoms with Gasteiger partial charge < -0.3 is 5.11 Å². The minimum absolute atomic E-state index is 0.0671. The topological polar surface area (TPSA) is 61.7 Å². The van der Waals surface area contributed by atoms with Crippen molar-refractivity contribution in [2.45, 2.75) is 0 Å². The highest BCUT2D eigenvalue weighted by Gasteiger charge is 2.06. The molecular weight excluding hydrogens is 288 g/mol. The van der Waals surface area contributed by atoms with Gasteiger partial charge in [0.25, 0.3) is 5.91 Å². The fourth-order valence-corrected chi connectivity index (χ4v) is 1.75. The van der Waals surface area contributed by atoms with Crippen LogP contribution in [0.2, 0.25) is 5.02 Å². The molecule has 4 nitrogen and oxygen atoms in total. The number of nitrogens with zero attached hydrogens (tertiary/aromatic N) is 1. The van der Waals surface area contributed by atoms with Crippen molar-refractivity contribution in [2.75, 3.05) is 0 Å². The smallest absolute Gasteiger partial charge is 0.271 e. The molecule has 106 valence electrons. The molecule has 0 aliphatic rings. The number of benzene rings is 2. The van der Waals surface area contributed by atoms with Crippen LogP contribution < -0.4 is 5.43 Å². The van der Waals surface area contributed by atoms with E-state index in [9.17, 15) is 9.90 Å². The van der Waals surface area contributed by atoms with Gasteiger partial charge in [0, 0.05) is 11.8 Å². The van der Waals surface area contributed by atoms with Gasteiger partial charge in [-0.05, 0) is 29.8 Å². The maximum Gasteiger partial charge on any atom is 0.271 e. The highest BCUT2D eigenvalue weighted by atomic mass is 35.5. The lowest BCUT2D eigenvalue weighted by atomic mass is 10.2. The molecular formula is C16H13ClN2O2. The Labute approximate surface area is 127 Å². The zero-order chi connectivity index (χ0) is 15.1. The minimum Gasteiger partial charge on any atom is -0.506 e. The maximum absolute atomic E-state index is 11.8. The Kier molecular flexibility index (Phi) is 5.12. The van der Waals surface area contributed by atoms with Crippen molar-refractivity contribution in [3.63, 3.8) is 0 Å². The number of carbonyl (C=O) groups excluding carboxylic acids is 1. The Balaban J connectivity index is 1.90. The molecule has 2 N–H and O–H groups in total. The first-order chi connectivity index (χ1) is 10.2. The van der Waals surface area contributed by atoms with Gasteiger partial charge in [0.2, 0.25) is 0 Å². The second-order valence-corrected chi connectivity index (χ2v) is 4.56. The molecule has 2 rings (SSSR count). The number of rotatable bonds is 4. The Morgan fingerprint density at radius 1 is 1.19 bits per heavy atom. The number of hydrogen-bond donors (Lipinski definition) is 2. The van der Waals surface area contributed by atoms with E-state index in [0.717, 1.165) is 5.56 Å². The highest BCUT2D eigenvalue weighted by Crippen LogP contribution is 2.23. The van der Waals surface area contributed by atoms with Crippen LogP contribution in [0, 0.1) is 0 Å². The first kappa shape index (κ1) is 14.8. The van der Waals surface area contributed by atoms with E-state index < -0.39 is 5.91 Å². The van der Waals surface area contributed by atoms with E-state index in [0.29, 0.717) is 5.56 Å². The second kappa shape index (κ2) is 7.26. The van der Waals surface area contributed by atoms with Gasteiger partial charge in [0.1, 0.15) is 5.75 Å². The quantitative estimate of drug-likeness (QED) is 0.671. The lowest BCUT2D eigenvalue weighted by Crippen LogP contribution is -2.17. The van der Waals surface area contributed by atoms with Gasteiger partial charge in [-0.25, -0.2) is 5.43 Å². The molecule has 0 saturated carbocycles. The summed E-state index contributed by atoms with van der Waals surface area (Å²) in [5.74, 6) is -0.469. The summed E-state index contributed by atoms with van der Waals surface area (Å²) in [5, 5.41) is 13.2. The first-order valence-corrected chi connectivity index (χ1v) is 6.58. The molecule has 0 atom stereocenters. The number of aromatic hydroxyl groups is 1. The molecule has 0 aliphatic carbocycles. The lowest BCUT2D eigenvalue weighted by molar-refractivity contribution is 0.0955. The molecule has 0 radical (unpaired) electrons. The highest BCUT2D eigenvalue weighted by molar-refractivity contribution is 6.32. The molecule has 0 heterocycles. The number of nitrogens with one attached hydrogen (secondary N) is 1. The zero-order valence-corrected chi connectivity index (χ0v) is 11.8. The van der Waals surface area contributed by atoms with Crippen LogP contribution in [0.25, 0.3) is 6.08 Å². The van der Waals surface area contributed by atoms with Crippen molar-refractivity contribution in [1.82, 2.24) is 5.43 Å². The van der Waals surface area contributed by atoms with E-state index in [-0.39, 0.29) is 10.8 Å². The molecule has 0 bridgehead atoms. The van der Waals surface area contributed by atoms with Crippen LogP contribution >= 0.6 is 11.6 Å². The molecule has 2 aromatic carbocycles. The van der Waals surface area contributed by atoms with Crippen molar-refractivity contribution >= 4 is 29.8 Å². The zero-order valence-electron chi connectivity index (χ0n) is 11.0. The predicted molar refractivity (Wildman–Crippen MR) is 84.6 cm³/mol. The van der Waals surface area contributed by atoms with E-state index in [2.05, 4.69) is 10.5 Å². The number of hydrogen-bond acceptors (Lipinski definition) is 3. The third-order valence-corrected chi connectivity index (χ3v) is 2.93. The van der Waals surface area contributed by atoms with Crippen LogP contribution in [0.3, 0.4) is 0 Å². The summed E-state index contributed by atoms with van der Waals surface area (Å²) >= 11 is 5.73. The van der Waals surface area contributed by atoms with Gasteiger partial charge in [-0.3, -0.25) is 4.79 Å². The molecule has 0 aliphatic heterocycles. The fourth-order valence-electron chi connectivity index (χ4n) is 1.57. The van der Waals surface area contributed by atoms with Gasteiger partial charge in [0.15, 0.2) is 0 Å². The normalized spacial score (nSPS) is 11.1. The predicted octanol–water partition coefficient (Wildman–Crippen LogP) is 3.47. The van der Waals surface area contributed by atoms with Crippen molar-refractivity contribution < 1.29 is 9.90 Å². The summed E-state index contributed by atoms with van der Waals surface area (Å²) in [4.78, 5) is 11.8. The summed E-state index contributed by atoms with van der Waals surface area (Å²) in [6, 6.07) is 13.9. The van der Waals surface area contributed by atoms with Crippen LogP contribution in [0.5, 0.6) is 5.75 Å². The van der Waals surface area contributed by atoms with Crippen molar-refractivity contribution in [1.29, 1.82) is 0 Å². The fraction of sp³-hybridized carbons (Fsp3) is 0. The molecule has 0 unspecified atom stereocenters. The van der Waals surface area contributed by atoms with Crippen molar-refractivity contribution in [3.05, 3.63) is 70.8 Å². The van der Waals surface area contributed by atoms with Gasteiger partial charge in [-0.15, -0.1) is 0 Å². The molecule has 0 saturated heterocycles. The maximum atomic E-state index is 11.8. The van der Waals surface area contributed by atoms with Gasteiger partial charge in [-0.2, -0.15) is 5.10 Å². The molecule has 21 heavy (non-hydrogen) atoms. The van der Waals surface area contributed by atoms with E-state index >= 15 is 0 Å². The number of carbonyl (C=O) groups is 1. The number of phenolic OH excluding ortho intramolecular Hbond substituents is 1. The van der Waals surface area contributed by atoms with E-state index in [1.54, 1.807) is 6.08 Å². The Morgan fingerprint density at radius 3 is 2.67 bits per heavy atom. The summed E-state index contributed by atoms with van der Waals surface area (Å²) in [6.45, 7) is 0. The molecule has 2 aromatic rings. The monoisotopic (exact) mass is 300 g/mol. The Hall–Kier alpha value is -2.59. The molecule has 0 spiro atoms. The Bertz CT molecular complexity index is 682.